The molecule has 0 saturated carbocycles. The number of hydrogen-bond donors (Lipinski definition) is 0. The van der Waals surface area contributed by atoms with Gasteiger partial charge in [-0.25, -0.2) is 0 Å². The smallest absolute Gasteiger partial charge is 0.433 e. The van der Waals surface area contributed by atoms with Crippen molar-refractivity contribution in [3.63, 3.8) is 0 Å². The van der Waals surface area contributed by atoms with Gasteiger partial charge >= 0.3 is 5.88 Å². The summed E-state index contributed by atoms with van der Waals surface area (Å²) in [5, 5.41) is 14.5. The van der Waals surface area contributed by atoms with Gasteiger partial charge in [0.1, 0.15) is 4.92 Å². The van der Waals surface area contributed by atoms with Crippen LogP contribution >= 0.6 is 0 Å². The number of benzene rings is 1. The molecule has 124 valence electrons. The molecule has 9 nitrogen and oxygen atoms in total. The fourth-order valence-electron chi connectivity index (χ4n) is 2.14. The first-order valence-corrected chi connectivity index (χ1v) is 6.89. The molecule has 9 heteroatoms. The van der Waals surface area contributed by atoms with Gasteiger partial charge in [-0.2, -0.15) is 4.98 Å². The zero-order valence-electron chi connectivity index (χ0n) is 12.9. The van der Waals surface area contributed by atoms with Crippen molar-refractivity contribution in [2.45, 2.75) is 6.42 Å². The molecule has 0 aliphatic carbocycles. The highest BCUT2D eigenvalue weighted by Crippen LogP contribution is 2.29. The SMILES string of the molecule is COc1ccc(Cc2noc(-c3ccc([N+](=O)[O-])o3)n2)cc1OC. The van der Waals surface area contributed by atoms with Crippen molar-refractivity contribution in [1.82, 2.24) is 10.1 Å². The second-order valence-corrected chi connectivity index (χ2v) is 4.78. The van der Waals surface area contributed by atoms with Crippen molar-refractivity contribution in [2.24, 2.45) is 0 Å². The summed E-state index contributed by atoms with van der Waals surface area (Å²) < 4.78 is 20.5. The molecule has 0 aliphatic rings. The summed E-state index contributed by atoms with van der Waals surface area (Å²) in [5.41, 5.74) is 0.894. The van der Waals surface area contributed by atoms with Crippen LogP contribution in [0.1, 0.15) is 11.4 Å². The Labute approximate surface area is 135 Å². The molecular formula is C15H13N3O6. The van der Waals surface area contributed by atoms with Crippen LogP contribution in [-0.2, 0) is 6.42 Å². The first-order chi connectivity index (χ1) is 11.6. The Bertz CT molecular complexity index is 870. The molecule has 0 fully saturated rings. The van der Waals surface area contributed by atoms with Crippen molar-refractivity contribution in [1.29, 1.82) is 0 Å². The van der Waals surface area contributed by atoms with Crippen LogP contribution in [0.15, 0.2) is 39.3 Å². The van der Waals surface area contributed by atoms with Gasteiger partial charge in [0.25, 0.3) is 5.89 Å². The average molecular weight is 331 g/mol. The number of ether oxygens (including phenoxy) is 2. The van der Waals surface area contributed by atoms with Gasteiger partial charge in [-0.3, -0.25) is 10.1 Å². The van der Waals surface area contributed by atoms with Crippen LogP contribution in [0.2, 0.25) is 0 Å². The molecule has 0 unspecified atom stereocenters. The minimum atomic E-state index is -0.635. The molecule has 3 rings (SSSR count). The predicted molar refractivity (Wildman–Crippen MR) is 81.0 cm³/mol. The molecule has 0 N–H and O–H groups in total. The van der Waals surface area contributed by atoms with Gasteiger partial charge in [0.05, 0.1) is 20.3 Å². The lowest BCUT2D eigenvalue weighted by atomic mass is 10.1. The number of hydrogen-bond acceptors (Lipinski definition) is 8. The van der Waals surface area contributed by atoms with Gasteiger partial charge in [0, 0.05) is 6.42 Å². The predicted octanol–water partition coefficient (Wildman–Crippen LogP) is 2.85. The van der Waals surface area contributed by atoms with E-state index >= 15 is 0 Å². The summed E-state index contributed by atoms with van der Waals surface area (Å²) in [7, 11) is 3.11. The fraction of sp³-hybridized carbons (Fsp3) is 0.200. The van der Waals surface area contributed by atoms with Gasteiger partial charge in [-0.05, 0) is 23.8 Å². The molecule has 1 aromatic carbocycles. The van der Waals surface area contributed by atoms with Gasteiger partial charge in [-0.1, -0.05) is 11.2 Å². The quantitative estimate of drug-likeness (QED) is 0.500. The van der Waals surface area contributed by atoms with Crippen LogP contribution in [0.25, 0.3) is 11.7 Å². The van der Waals surface area contributed by atoms with E-state index in [0.29, 0.717) is 23.7 Å². The monoisotopic (exact) mass is 331 g/mol. The average Bonchev–Trinajstić information content (AvgIpc) is 3.23. The van der Waals surface area contributed by atoms with Gasteiger partial charge in [0.15, 0.2) is 23.1 Å². The van der Waals surface area contributed by atoms with Gasteiger partial charge < -0.3 is 18.4 Å². The number of rotatable bonds is 6. The largest absolute Gasteiger partial charge is 0.493 e. The Kier molecular flexibility index (Phi) is 4.15. The van der Waals surface area contributed by atoms with Crippen LogP contribution in [-0.4, -0.2) is 29.3 Å². The normalized spacial score (nSPS) is 10.6. The third-order valence-electron chi connectivity index (χ3n) is 3.26. The fourth-order valence-corrected chi connectivity index (χ4v) is 2.14. The molecule has 2 aromatic heterocycles. The first-order valence-electron chi connectivity index (χ1n) is 6.89. The van der Waals surface area contributed by atoms with Crippen molar-refractivity contribution in [3.05, 3.63) is 51.8 Å². The Hall–Kier alpha value is -3.36. The van der Waals surface area contributed by atoms with Crippen molar-refractivity contribution in [2.75, 3.05) is 14.2 Å². The van der Waals surface area contributed by atoms with E-state index in [1.165, 1.54) is 12.1 Å². The number of nitrogens with zero attached hydrogens (tertiary/aromatic N) is 3. The minimum absolute atomic E-state index is 0.0820. The molecule has 0 atom stereocenters. The number of furan rings is 1. The lowest BCUT2D eigenvalue weighted by molar-refractivity contribution is -0.401. The third-order valence-corrected chi connectivity index (χ3v) is 3.26. The summed E-state index contributed by atoms with van der Waals surface area (Å²) in [4.78, 5) is 14.2. The van der Waals surface area contributed by atoms with E-state index in [9.17, 15) is 10.1 Å². The highest BCUT2D eigenvalue weighted by atomic mass is 16.6. The Balaban J connectivity index is 1.79. The lowest BCUT2D eigenvalue weighted by Gasteiger charge is -2.08. The highest BCUT2D eigenvalue weighted by molar-refractivity contribution is 5.47. The molecular weight excluding hydrogens is 318 g/mol. The summed E-state index contributed by atoms with van der Waals surface area (Å²) >= 11 is 0. The molecule has 3 aromatic rings. The van der Waals surface area contributed by atoms with E-state index in [-0.39, 0.29) is 17.5 Å². The van der Waals surface area contributed by atoms with Gasteiger partial charge in [-0.15, -0.1) is 0 Å². The van der Waals surface area contributed by atoms with Crippen LogP contribution < -0.4 is 9.47 Å². The molecule has 0 radical (unpaired) electrons. The molecule has 2 heterocycles. The summed E-state index contributed by atoms with van der Waals surface area (Å²) in [6.45, 7) is 0. The van der Waals surface area contributed by atoms with Gasteiger partial charge in [0.2, 0.25) is 0 Å². The maximum Gasteiger partial charge on any atom is 0.433 e. The Morgan fingerprint density at radius 3 is 2.62 bits per heavy atom. The Morgan fingerprint density at radius 2 is 1.96 bits per heavy atom. The summed E-state index contributed by atoms with van der Waals surface area (Å²) in [6, 6.07) is 8.09. The molecule has 24 heavy (non-hydrogen) atoms. The summed E-state index contributed by atoms with van der Waals surface area (Å²) in [6.07, 6.45) is 0.395. The molecule has 0 saturated heterocycles. The molecule has 0 spiro atoms. The zero-order valence-corrected chi connectivity index (χ0v) is 12.9. The van der Waals surface area contributed by atoms with Crippen molar-refractivity contribution < 1.29 is 23.3 Å². The third kappa shape index (κ3) is 3.05. The van der Waals surface area contributed by atoms with Crippen LogP contribution in [0.5, 0.6) is 11.5 Å². The summed E-state index contributed by atoms with van der Waals surface area (Å²) in [5.74, 6) is 1.48. The number of nitro groups is 1. The molecule has 0 amide bonds. The minimum Gasteiger partial charge on any atom is -0.493 e. The topological polar surface area (TPSA) is 114 Å². The number of methoxy groups -OCH3 is 2. The van der Waals surface area contributed by atoms with E-state index in [4.69, 9.17) is 18.4 Å². The van der Waals surface area contributed by atoms with E-state index < -0.39 is 4.92 Å². The highest BCUT2D eigenvalue weighted by Gasteiger charge is 2.18. The lowest BCUT2D eigenvalue weighted by Crippen LogP contribution is -1.95. The molecule has 0 aliphatic heterocycles. The second-order valence-electron chi connectivity index (χ2n) is 4.78. The van der Waals surface area contributed by atoms with E-state index in [1.54, 1.807) is 20.3 Å². The maximum atomic E-state index is 10.6. The van der Waals surface area contributed by atoms with Crippen molar-refractivity contribution in [3.8, 4) is 23.1 Å². The zero-order chi connectivity index (χ0) is 17.1. The molecule has 0 bridgehead atoms. The van der Waals surface area contributed by atoms with E-state index in [1.807, 2.05) is 12.1 Å². The maximum absolute atomic E-state index is 10.6. The second kappa shape index (κ2) is 6.41. The standard InChI is InChI=1S/C15H13N3O6/c1-21-10-4-3-9(7-12(10)22-2)8-13-16-15(24-17-13)11-5-6-14(23-11)18(19)20/h3-7H,8H2,1-2H3. The number of aromatic nitrogens is 2. The Morgan fingerprint density at radius 1 is 1.17 bits per heavy atom. The van der Waals surface area contributed by atoms with E-state index in [0.717, 1.165) is 5.56 Å². The van der Waals surface area contributed by atoms with Crippen LogP contribution in [0, 0.1) is 10.1 Å². The van der Waals surface area contributed by atoms with Crippen molar-refractivity contribution >= 4 is 5.88 Å². The first kappa shape index (κ1) is 15.5. The van der Waals surface area contributed by atoms with Crippen LogP contribution in [0.3, 0.4) is 0 Å². The van der Waals surface area contributed by atoms with E-state index in [2.05, 4.69) is 10.1 Å². The van der Waals surface area contributed by atoms with Crippen LogP contribution in [0.4, 0.5) is 5.88 Å².